The van der Waals surface area contributed by atoms with Gasteiger partial charge in [0.1, 0.15) is 5.82 Å². The van der Waals surface area contributed by atoms with Crippen LogP contribution in [0.2, 0.25) is 0 Å². The summed E-state index contributed by atoms with van der Waals surface area (Å²) >= 11 is 0. The molecule has 2 amide bonds. The molecule has 1 saturated carbocycles. The van der Waals surface area contributed by atoms with Crippen LogP contribution in [-0.2, 0) is 4.79 Å². The van der Waals surface area contributed by atoms with E-state index in [1.165, 1.54) is 25.1 Å². The number of carbonyl (C=O) groups is 2. The zero-order chi connectivity index (χ0) is 13.3. The second-order valence-electron chi connectivity index (χ2n) is 4.67. The van der Waals surface area contributed by atoms with Crippen LogP contribution in [0.3, 0.4) is 0 Å². The number of nitrogens with one attached hydrogen (secondary N) is 2. The molecule has 1 aliphatic carbocycles. The Morgan fingerprint density at radius 3 is 2.61 bits per heavy atom. The first kappa shape index (κ1) is 12.5. The molecule has 0 heterocycles. The van der Waals surface area contributed by atoms with Crippen molar-refractivity contribution in [1.82, 2.24) is 5.32 Å². The molecule has 0 aromatic heterocycles. The molecule has 1 fully saturated rings. The minimum Gasteiger partial charge on any atom is -0.349 e. The Morgan fingerprint density at radius 2 is 2.06 bits per heavy atom. The molecule has 0 unspecified atom stereocenters. The van der Waals surface area contributed by atoms with E-state index in [4.69, 9.17) is 0 Å². The van der Waals surface area contributed by atoms with Gasteiger partial charge >= 0.3 is 0 Å². The van der Waals surface area contributed by atoms with E-state index >= 15 is 0 Å². The van der Waals surface area contributed by atoms with Crippen LogP contribution in [-0.4, -0.2) is 17.9 Å². The van der Waals surface area contributed by atoms with Crippen molar-refractivity contribution >= 4 is 17.5 Å². The van der Waals surface area contributed by atoms with Crippen molar-refractivity contribution in [2.45, 2.75) is 26.3 Å². The highest BCUT2D eigenvalue weighted by molar-refractivity contribution is 5.97. The predicted octanol–water partition coefficient (Wildman–Crippen LogP) is 1.92. The van der Waals surface area contributed by atoms with E-state index < -0.39 is 5.82 Å². The summed E-state index contributed by atoms with van der Waals surface area (Å²) in [6.07, 6.45) is 0.978. The van der Waals surface area contributed by atoms with Gasteiger partial charge in [-0.1, -0.05) is 6.92 Å². The molecule has 96 valence electrons. The lowest BCUT2D eigenvalue weighted by Gasteiger charge is -2.08. The molecule has 0 spiro atoms. The van der Waals surface area contributed by atoms with E-state index in [0.717, 1.165) is 6.42 Å². The highest BCUT2D eigenvalue weighted by Gasteiger charge is 2.34. The summed E-state index contributed by atoms with van der Waals surface area (Å²) < 4.78 is 13.4. The van der Waals surface area contributed by atoms with Gasteiger partial charge in [-0.3, -0.25) is 9.59 Å². The number of anilines is 1. The van der Waals surface area contributed by atoms with Gasteiger partial charge in [0.15, 0.2) is 0 Å². The summed E-state index contributed by atoms with van der Waals surface area (Å²) in [5.41, 5.74) is 0.373. The standard InChI is InChI=1S/C13H15FN2O2/c1-7-5-11(7)16-13(18)9-3-4-10(14)12(6-9)15-8(2)17/h3-4,6-7,11H,5H2,1-2H3,(H,15,17)(H,16,18)/t7-,11+/m1/s1. The molecule has 0 aliphatic heterocycles. The van der Waals surface area contributed by atoms with Gasteiger partial charge < -0.3 is 10.6 Å². The fraction of sp³-hybridized carbons (Fsp3) is 0.385. The fourth-order valence-electron chi connectivity index (χ4n) is 1.73. The summed E-state index contributed by atoms with van der Waals surface area (Å²) in [7, 11) is 0. The second-order valence-corrected chi connectivity index (χ2v) is 4.67. The van der Waals surface area contributed by atoms with Crippen LogP contribution in [0.4, 0.5) is 10.1 Å². The quantitative estimate of drug-likeness (QED) is 0.861. The van der Waals surface area contributed by atoms with Gasteiger partial charge in [-0.15, -0.1) is 0 Å². The summed E-state index contributed by atoms with van der Waals surface area (Å²) in [6, 6.07) is 4.14. The van der Waals surface area contributed by atoms with Crippen LogP contribution in [0, 0.1) is 11.7 Å². The van der Waals surface area contributed by atoms with E-state index in [2.05, 4.69) is 17.6 Å². The highest BCUT2D eigenvalue weighted by atomic mass is 19.1. The number of carbonyl (C=O) groups excluding carboxylic acids is 2. The van der Waals surface area contributed by atoms with Crippen molar-refractivity contribution in [3.05, 3.63) is 29.6 Å². The van der Waals surface area contributed by atoms with Crippen LogP contribution < -0.4 is 10.6 Å². The van der Waals surface area contributed by atoms with Crippen molar-refractivity contribution in [2.75, 3.05) is 5.32 Å². The third-order valence-corrected chi connectivity index (χ3v) is 2.97. The Balaban J connectivity index is 2.12. The lowest BCUT2D eigenvalue weighted by Crippen LogP contribution is -2.26. The second kappa shape index (κ2) is 4.76. The van der Waals surface area contributed by atoms with Gasteiger partial charge in [0.2, 0.25) is 5.91 Å². The number of hydrogen-bond acceptors (Lipinski definition) is 2. The SMILES string of the molecule is CC(=O)Nc1cc(C(=O)N[C@H]2C[C@H]2C)ccc1F. The van der Waals surface area contributed by atoms with Gasteiger partial charge in [0.25, 0.3) is 5.91 Å². The largest absolute Gasteiger partial charge is 0.349 e. The van der Waals surface area contributed by atoms with Gasteiger partial charge in [-0.2, -0.15) is 0 Å². The average Bonchev–Trinajstić information content (AvgIpc) is 2.96. The number of rotatable bonds is 3. The first-order chi connectivity index (χ1) is 8.47. The maximum Gasteiger partial charge on any atom is 0.251 e. The van der Waals surface area contributed by atoms with Crippen molar-refractivity contribution in [1.29, 1.82) is 0 Å². The average molecular weight is 250 g/mol. The third-order valence-electron chi connectivity index (χ3n) is 2.97. The van der Waals surface area contributed by atoms with Gasteiger partial charge in [0, 0.05) is 18.5 Å². The maximum atomic E-state index is 13.4. The van der Waals surface area contributed by atoms with Gasteiger partial charge in [-0.05, 0) is 30.5 Å². The topological polar surface area (TPSA) is 58.2 Å². The number of hydrogen-bond donors (Lipinski definition) is 2. The van der Waals surface area contributed by atoms with Gasteiger partial charge in [-0.25, -0.2) is 4.39 Å². The summed E-state index contributed by atoms with van der Waals surface area (Å²) in [4.78, 5) is 22.7. The van der Waals surface area contributed by atoms with Gasteiger partial charge in [0.05, 0.1) is 5.69 Å². The van der Waals surface area contributed by atoms with Crippen LogP contribution in [0.5, 0.6) is 0 Å². The molecule has 0 radical (unpaired) electrons. The Kier molecular flexibility index (Phi) is 3.32. The first-order valence-electron chi connectivity index (χ1n) is 5.85. The van der Waals surface area contributed by atoms with E-state index in [1.54, 1.807) is 0 Å². The molecule has 0 saturated heterocycles. The smallest absolute Gasteiger partial charge is 0.251 e. The highest BCUT2D eigenvalue weighted by Crippen LogP contribution is 2.29. The molecule has 0 bridgehead atoms. The van der Waals surface area contributed by atoms with E-state index in [0.29, 0.717) is 11.5 Å². The molecule has 1 aromatic rings. The Hall–Kier alpha value is -1.91. The molecular weight excluding hydrogens is 235 g/mol. The van der Waals surface area contributed by atoms with E-state index in [9.17, 15) is 14.0 Å². The monoisotopic (exact) mass is 250 g/mol. The summed E-state index contributed by atoms with van der Waals surface area (Å²) in [5, 5.41) is 5.20. The molecule has 1 aromatic carbocycles. The molecular formula is C13H15FN2O2. The Morgan fingerprint density at radius 1 is 1.39 bits per heavy atom. The Bertz CT molecular complexity index is 502. The molecule has 2 atom stereocenters. The molecule has 2 N–H and O–H groups in total. The lowest BCUT2D eigenvalue weighted by molar-refractivity contribution is -0.114. The van der Waals surface area contributed by atoms with E-state index in [-0.39, 0.29) is 23.5 Å². The lowest BCUT2D eigenvalue weighted by atomic mass is 10.1. The maximum absolute atomic E-state index is 13.4. The Labute approximate surface area is 105 Å². The minimum absolute atomic E-state index is 0.0268. The number of amides is 2. The summed E-state index contributed by atoms with van der Waals surface area (Å²) in [6.45, 7) is 3.34. The predicted molar refractivity (Wildman–Crippen MR) is 65.7 cm³/mol. The number of halogens is 1. The van der Waals surface area contributed by atoms with Crippen molar-refractivity contribution in [3.63, 3.8) is 0 Å². The molecule has 4 nitrogen and oxygen atoms in total. The first-order valence-corrected chi connectivity index (χ1v) is 5.85. The van der Waals surface area contributed by atoms with Crippen LogP contribution >= 0.6 is 0 Å². The van der Waals surface area contributed by atoms with Crippen LogP contribution in [0.15, 0.2) is 18.2 Å². The van der Waals surface area contributed by atoms with Crippen molar-refractivity contribution < 1.29 is 14.0 Å². The molecule has 2 rings (SSSR count). The van der Waals surface area contributed by atoms with Crippen LogP contribution in [0.1, 0.15) is 30.6 Å². The van der Waals surface area contributed by atoms with E-state index in [1.807, 2.05) is 0 Å². The zero-order valence-electron chi connectivity index (χ0n) is 10.3. The van der Waals surface area contributed by atoms with Crippen molar-refractivity contribution in [2.24, 2.45) is 5.92 Å². The molecule has 5 heteroatoms. The van der Waals surface area contributed by atoms with Crippen LogP contribution in [0.25, 0.3) is 0 Å². The third kappa shape index (κ3) is 2.85. The molecule has 18 heavy (non-hydrogen) atoms. The fourth-order valence-corrected chi connectivity index (χ4v) is 1.73. The van der Waals surface area contributed by atoms with Crippen molar-refractivity contribution in [3.8, 4) is 0 Å². The zero-order valence-corrected chi connectivity index (χ0v) is 10.3. The molecule has 1 aliphatic rings. The number of benzene rings is 1. The normalized spacial score (nSPS) is 21.3. The minimum atomic E-state index is -0.554. The summed E-state index contributed by atoms with van der Waals surface area (Å²) in [5.74, 6) is -0.663.